The molecule has 0 spiro atoms. The Balaban J connectivity index is 0.000000362. The quantitative estimate of drug-likeness (QED) is 0.254. The molecule has 0 saturated heterocycles. The van der Waals surface area contributed by atoms with Crippen molar-refractivity contribution in [3.05, 3.63) is 117 Å². The van der Waals surface area contributed by atoms with Crippen molar-refractivity contribution in [2.24, 2.45) is 11.8 Å². The van der Waals surface area contributed by atoms with E-state index in [1.165, 1.54) is 80.9 Å². The maximum absolute atomic E-state index is 12.0. The third-order valence-corrected chi connectivity index (χ3v) is 8.68. The standard InChI is InChI=1S/C21H25.C10H15.C8H5F3.2ClH.Zr/c1-20(2,3)16-9-7-14-11-15-8-10-17(21(4,5)6)13-19(15)18(14)12-16;1-7(2)10-6-8(3)5-9(10)4;1-6-2-4-7(5-3-6)8(9,10)11;;;/h7,9-10,12-13H,11H2,1-6H3;6-8H,1-4H3;1-5H;2*1H;/q2*-1;;;;+2/p-2. The van der Waals surface area contributed by atoms with Gasteiger partial charge in [0.2, 0.25) is 0 Å². The molecule has 45 heavy (non-hydrogen) atoms. The maximum Gasteiger partial charge on any atom is -1.00 e. The Morgan fingerprint density at radius 2 is 1.36 bits per heavy atom. The Kier molecular flexibility index (Phi) is 15.0. The van der Waals surface area contributed by atoms with Gasteiger partial charge in [-0.15, -0.1) is 5.56 Å². The number of halogens is 5. The fraction of sp³-hybridized carbons (Fsp3) is 0.410. The zero-order chi connectivity index (χ0) is 32.3. The molecular weight excluding hydrogens is 688 g/mol. The van der Waals surface area contributed by atoms with Crippen molar-refractivity contribution in [1.29, 1.82) is 0 Å². The Morgan fingerprint density at radius 1 is 0.822 bits per heavy atom. The number of rotatable bonds is 2. The van der Waals surface area contributed by atoms with Gasteiger partial charge < -0.3 is 24.8 Å². The fourth-order valence-corrected chi connectivity index (χ4v) is 5.71. The van der Waals surface area contributed by atoms with Crippen LogP contribution in [-0.2, 0) is 47.7 Å². The van der Waals surface area contributed by atoms with Crippen molar-refractivity contribution in [3.8, 4) is 11.1 Å². The van der Waals surface area contributed by atoms with Crippen molar-refractivity contribution in [1.82, 2.24) is 0 Å². The van der Waals surface area contributed by atoms with E-state index in [1.54, 1.807) is 0 Å². The molecule has 0 heterocycles. The van der Waals surface area contributed by atoms with Gasteiger partial charge in [0.1, 0.15) is 0 Å². The van der Waals surface area contributed by atoms with E-state index in [-0.39, 0.29) is 35.6 Å². The summed E-state index contributed by atoms with van der Waals surface area (Å²) in [5, 5.41) is 0. The molecule has 5 rings (SSSR count). The van der Waals surface area contributed by atoms with Crippen LogP contribution < -0.4 is 24.8 Å². The molecule has 0 N–H and O–H groups in total. The smallest absolute Gasteiger partial charge is 1.00 e. The van der Waals surface area contributed by atoms with Gasteiger partial charge in [-0.2, -0.15) is 41.0 Å². The van der Waals surface area contributed by atoms with Crippen LogP contribution in [0.4, 0.5) is 13.2 Å². The van der Waals surface area contributed by atoms with Crippen LogP contribution in [0.1, 0.15) is 103 Å². The van der Waals surface area contributed by atoms with Gasteiger partial charge in [-0.3, -0.25) is 6.08 Å². The average Bonchev–Trinajstić information content (AvgIpc) is 3.45. The van der Waals surface area contributed by atoms with E-state index in [4.69, 9.17) is 0 Å². The van der Waals surface area contributed by atoms with E-state index >= 15 is 0 Å². The monoisotopic (exact) mass is 730 g/mol. The van der Waals surface area contributed by atoms with Crippen LogP contribution in [-0.4, -0.2) is 3.71 Å². The molecule has 2 aliphatic carbocycles. The molecule has 0 amide bonds. The molecule has 0 aliphatic heterocycles. The van der Waals surface area contributed by atoms with Crippen LogP contribution in [0, 0.1) is 24.0 Å². The molecule has 1 atom stereocenters. The minimum absolute atomic E-state index is 0. The molecule has 3 aromatic carbocycles. The maximum atomic E-state index is 12.0. The van der Waals surface area contributed by atoms with Crippen LogP contribution in [0.3, 0.4) is 0 Å². The average molecular weight is 733 g/mol. The van der Waals surface area contributed by atoms with Crippen LogP contribution >= 0.6 is 0 Å². The topological polar surface area (TPSA) is 0 Å². The molecule has 0 nitrogen and oxygen atoms in total. The summed E-state index contributed by atoms with van der Waals surface area (Å²) in [5.74, 6) is 1.20. The molecule has 0 aromatic heterocycles. The number of fused-ring (bicyclic) bond motifs is 3. The normalized spacial score (nSPS) is 15.2. The summed E-state index contributed by atoms with van der Waals surface area (Å²) < 4.78 is 37.9. The summed E-state index contributed by atoms with van der Waals surface area (Å²) in [5.41, 5.74) is 11.8. The van der Waals surface area contributed by atoms with Gasteiger partial charge in [0, 0.05) is 0 Å². The molecule has 6 heteroatoms. The summed E-state index contributed by atoms with van der Waals surface area (Å²) in [4.78, 5) is 0. The Morgan fingerprint density at radius 3 is 1.78 bits per heavy atom. The van der Waals surface area contributed by atoms with Crippen molar-refractivity contribution in [2.45, 2.75) is 92.7 Å². The first-order valence-corrected chi connectivity index (χ1v) is 16.4. The molecule has 3 aromatic rings. The fourth-order valence-electron chi connectivity index (χ4n) is 5.24. The molecule has 0 fully saturated rings. The van der Waals surface area contributed by atoms with E-state index in [0.29, 0.717) is 11.8 Å². The third-order valence-electron chi connectivity index (χ3n) is 7.86. The van der Waals surface area contributed by atoms with Crippen molar-refractivity contribution < 1.29 is 62.2 Å². The molecule has 0 saturated carbocycles. The largest absolute Gasteiger partial charge is 1.00 e. The van der Waals surface area contributed by atoms with E-state index in [1.807, 2.05) is 3.71 Å². The third kappa shape index (κ3) is 11.2. The second kappa shape index (κ2) is 16.4. The second-order valence-corrected chi connectivity index (χ2v) is 14.6. The minimum atomic E-state index is -4.22. The SMILES string of the molecule is CC(C)(C)c1c[c-]c2c(c1)-c1cc(C(C)(C)C)ccc1C2.CC1=[C-]C(C)C=C1C(C)C.FC(F)(F)c1ccc([CH]=[Zr+2])cc1.[Cl-].[Cl-]. The first-order valence-electron chi connectivity index (χ1n) is 15.0. The second-order valence-electron chi connectivity index (χ2n) is 13.9. The summed E-state index contributed by atoms with van der Waals surface area (Å²) in [6.07, 6.45) is 2.48. The summed E-state index contributed by atoms with van der Waals surface area (Å²) >= 11 is 1.18. The molecular formula is C39H45Cl2F3Zr-2. The predicted molar refractivity (Wildman–Crippen MR) is 172 cm³/mol. The zero-order valence-corrected chi connectivity index (χ0v) is 32.1. The van der Waals surface area contributed by atoms with Crippen molar-refractivity contribution in [3.63, 3.8) is 0 Å². The van der Waals surface area contributed by atoms with E-state index in [9.17, 15) is 13.2 Å². The van der Waals surface area contributed by atoms with Gasteiger partial charge in [-0.25, -0.2) is 5.57 Å². The predicted octanol–water partition coefficient (Wildman–Crippen LogP) is 5.03. The summed E-state index contributed by atoms with van der Waals surface area (Å²) in [6.45, 7) is 22.4. The molecule has 0 bridgehead atoms. The molecule has 1 unspecified atom stereocenters. The molecule has 242 valence electrons. The molecule has 0 radical (unpaired) electrons. The van der Waals surface area contributed by atoms with E-state index in [0.717, 1.165) is 24.1 Å². The van der Waals surface area contributed by atoms with Gasteiger partial charge in [-0.1, -0.05) is 116 Å². The van der Waals surface area contributed by atoms with Crippen LogP contribution in [0.25, 0.3) is 11.1 Å². The molecule has 2 aliphatic rings. The Bertz CT molecular complexity index is 1440. The first-order chi connectivity index (χ1) is 19.8. The summed E-state index contributed by atoms with van der Waals surface area (Å²) in [6, 6.07) is 20.2. The Labute approximate surface area is 297 Å². The number of alkyl halides is 3. The number of hydrogen-bond donors (Lipinski definition) is 0. The van der Waals surface area contributed by atoms with Gasteiger partial charge in [0.15, 0.2) is 0 Å². The van der Waals surface area contributed by atoms with E-state index < -0.39 is 11.7 Å². The number of hydrogen-bond acceptors (Lipinski definition) is 0. The van der Waals surface area contributed by atoms with Crippen LogP contribution in [0.15, 0.2) is 71.8 Å². The van der Waals surface area contributed by atoms with Crippen molar-refractivity contribution >= 4 is 3.71 Å². The van der Waals surface area contributed by atoms with Gasteiger partial charge in [0.05, 0.1) is 0 Å². The minimum Gasteiger partial charge on any atom is -1.00 e. The summed E-state index contributed by atoms with van der Waals surface area (Å²) in [7, 11) is 0. The van der Waals surface area contributed by atoms with Crippen LogP contribution in [0.5, 0.6) is 0 Å². The number of allylic oxidation sites excluding steroid dienone is 4. The Hall–Kier alpha value is -1.74. The van der Waals surface area contributed by atoms with E-state index in [2.05, 4.69) is 118 Å². The van der Waals surface area contributed by atoms with Crippen LogP contribution in [0.2, 0.25) is 0 Å². The first kappa shape index (κ1) is 41.3. The van der Waals surface area contributed by atoms with Gasteiger partial charge >= 0.3 is 82.7 Å². The zero-order valence-electron chi connectivity index (χ0n) is 28.1. The van der Waals surface area contributed by atoms with Crippen molar-refractivity contribution in [2.75, 3.05) is 0 Å². The van der Waals surface area contributed by atoms with Gasteiger partial charge in [-0.05, 0) is 17.4 Å². The van der Waals surface area contributed by atoms with Gasteiger partial charge in [0.25, 0.3) is 0 Å². The number of benzene rings is 3.